The van der Waals surface area contributed by atoms with Gasteiger partial charge in [-0.2, -0.15) is 0 Å². The van der Waals surface area contributed by atoms with E-state index in [9.17, 15) is 4.79 Å². The number of hydrogen-bond acceptors (Lipinski definition) is 6. The molecule has 1 aliphatic heterocycles. The van der Waals surface area contributed by atoms with Crippen molar-refractivity contribution in [1.29, 1.82) is 0 Å². The van der Waals surface area contributed by atoms with Crippen LogP contribution in [0.3, 0.4) is 0 Å². The highest BCUT2D eigenvalue weighted by Crippen LogP contribution is 2.41. The van der Waals surface area contributed by atoms with E-state index in [-0.39, 0.29) is 11.9 Å². The number of nitrogens with one attached hydrogen (secondary N) is 1. The summed E-state index contributed by atoms with van der Waals surface area (Å²) in [5.41, 5.74) is 1.90. The summed E-state index contributed by atoms with van der Waals surface area (Å²) in [4.78, 5) is 25.6. The molecule has 3 heterocycles. The zero-order chi connectivity index (χ0) is 19.0. The van der Waals surface area contributed by atoms with E-state index in [2.05, 4.69) is 20.2 Å². The maximum Gasteiger partial charge on any atom is 0.249 e. The molecule has 0 spiro atoms. The molecule has 7 nitrogen and oxygen atoms in total. The number of rotatable bonds is 4. The first-order valence-corrected chi connectivity index (χ1v) is 9.42. The van der Waals surface area contributed by atoms with Crippen LogP contribution < -0.4 is 19.9 Å². The van der Waals surface area contributed by atoms with Crippen molar-refractivity contribution in [2.24, 2.45) is 0 Å². The number of carbonyl (C=O) groups excluding carboxylic acids is 1. The first-order valence-electron chi connectivity index (χ1n) is 9.42. The fourth-order valence-corrected chi connectivity index (χ4v) is 4.16. The van der Waals surface area contributed by atoms with Crippen molar-refractivity contribution < 1.29 is 9.53 Å². The monoisotopic (exact) mass is 367 g/mol. The molecule has 1 atom stereocenters. The van der Waals surface area contributed by atoms with E-state index in [1.807, 2.05) is 32.2 Å². The molecule has 0 bridgehead atoms. The number of fused-ring (bicyclic) bond motifs is 1. The molecule has 4 rings (SSSR count). The van der Waals surface area contributed by atoms with Crippen LogP contribution in [0.5, 0.6) is 5.75 Å². The normalized spacial score (nSPS) is 20.0. The number of carbonyl (C=O) groups is 1. The molecule has 0 aromatic carbocycles. The molecule has 7 heteroatoms. The van der Waals surface area contributed by atoms with Gasteiger partial charge in [-0.25, -0.2) is 9.97 Å². The number of methoxy groups -OCH3 is 1. The van der Waals surface area contributed by atoms with Gasteiger partial charge in [0.05, 0.1) is 24.7 Å². The number of anilines is 4. The van der Waals surface area contributed by atoms with Crippen molar-refractivity contribution in [3.63, 3.8) is 0 Å². The van der Waals surface area contributed by atoms with Gasteiger partial charge in [0.25, 0.3) is 0 Å². The predicted molar refractivity (Wildman–Crippen MR) is 106 cm³/mol. The van der Waals surface area contributed by atoms with Crippen molar-refractivity contribution in [3.05, 3.63) is 30.6 Å². The maximum atomic E-state index is 12.7. The SMILES string of the molecule is COc1cccnc1Nc1cc2c(cn1)N(C)C(=O)C(C)N2C1CCCC1. The van der Waals surface area contributed by atoms with E-state index in [0.29, 0.717) is 23.4 Å². The number of pyridine rings is 2. The topological polar surface area (TPSA) is 70.6 Å². The van der Waals surface area contributed by atoms with E-state index in [4.69, 9.17) is 4.74 Å². The summed E-state index contributed by atoms with van der Waals surface area (Å²) < 4.78 is 5.36. The highest BCUT2D eigenvalue weighted by molar-refractivity contribution is 6.05. The van der Waals surface area contributed by atoms with E-state index in [1.165, 1.54) is 12.8 Å². The second kappa shape index (κ2) is 7.06. The second-order valence-corrected chi connectivity index (χ2v) is 7.16. The molecule has 0 radical (unpaired) electrons. The van der Waals surface area contributed by atoms with Crippen molar-refractivity contribution in [2.45, 2.75) is 44.7 Å². The molecular formula is C20H25N5O2. The Bertz CT molecular complexity index is 850. The molecule has 1 amide bonds. The molecule has 1 saturated carbocycles. The van der Waals surface area contributed by atoms with Gasteiger partial charge in [0.2, 0.25) is 5.91 Å². The van der Waals surface area contributed by atoms with Crippen molar-refractivity contribution in [2.75, 3.05) is 29.3 Å². The Kier molecular flexibility index (Phi) is 4.59. The molecule has 142 valence electrons. The van der Waals surface area contributed by atoms with Crippen LogP contribution in [0.4, 0.5) is 23.0 Å². The molecule has 1 fully saturated rings. The number of ether oxygens (including phenoxy) is 1. The van der Waals surface area contributed by atoms with Crippen LogP contribution in [-0.2, 0) is 4.79 Å². The molecule has 2 aliphatic rings. The van der Waals surface area contributed by atoms with Gasteiger partial charge in [-0.05, 0) is 31.9 Å². The molecule has 1 unspecified atom stereocenters. The fraction of sp³-hybridized carbons (Fsp3) is 0.450. The van der Waals surface area contributed by atoms with Crippen LogP contribution in [0.25, 0.3) is 0 Å². The van der Waals surface area contributed by atoms with Gasteiger partial charge in [-0.3, -0.25) is 4.79 Å². The van der Waals surface area contributed by atoms with Crippen LogP contribution in [-0.4, -0.2) is 42.1 Å². The van der Waals surface area contributed by atoms with E-state index in [0.717, 1.165) is 24.2 Å². The summed E-state index contributed by atoms with van der Waals surface area (Å²) in [5.74, 6) is 2.07. The third kappa shape index (κ3) is 3.07. The highest BCUT2D eigenvalue weighted by Gasteiger charge is 2.38. The highest BCUT2D eigenvalue weighted by atomic mass is 16.5. The Morgan fingerprint density at radius 3 is 2.74 bits per heavy atom. The Morgan fingerprint density at radius 2 is 2.00 bits per heavy atom. The largest absolute Gasteiger partial charge is 0.493 e. The Labute approximate surface area is 159 Å². The minimum atomic E-state index is -0.176. The zero-order valence-electron chi connectivity index (χ0n) is 16.0. The second-order valence-electron chi connectivity index (χ2n) is 7.16. The van der Waals surface area contributed by atoms with E-state index >= 15 is 0 Å². The number of hydrogen-bond donors (Lipinski definition) is 1. The minimum Gasteiger partial charge on any atom is -0.493 e. The van der Waals surface area contributed by atoms with Gasteiger partial charge < -0.3 is 19.9 Å². The maximum absolute atomic E-state index is 12.7. The smallest absolute Gasteiger partial charge is 0.249 e. The molecule has 2 aromatic rings. The standard InChI is InChI=1S/C20H25N5O2/c1-13-20(26)24(2)16-12-22-18(23-19-17(27-3)9-6-10-21-19)11-15(16)25(13)14-7-4-5-8-14/h6,9-14H,4-5,7-8H2,1-3H3,(H,21,22,23). The molecular weight excluding hydrogens is 342 g/mol. The van der Waals surface area contributed by atoms with Crippen molar-refractivity contribution >= 4 is 28.9 Å². The first-order chi connectivity index (χ1) is 13.1. The predicted octanol–water partition coefficient (Wildman–Crippen LogP) is 3.34. The lowest BCUT2D eigenvalue weighted by Crippen LogP contribution is -2.54. The van der Waals surface area contributed by atoms with Gasteiger partial charge >= 0.3 is 0 Å². The van der Waals surface area contributed by atoms with Crippen LogP contribution in [0, 0.1) is 0 Å². The Morgan fingerprint density at radius 1 is 1.22 bits per heavy atom. The van der Waals surface area contributed by atoms with Crippen molar-refractivity contribution in [3.8, 4) is 5.75 Å². The fourth-order valence-electron chi connectivity index (χ4n) is 4.16. The number of likely N-dealkylation sites (N-methyl/N-ethyl adjacent to an activating group) is 1. The van der Waals surface area contributed by atoms with Crippen LogP contribution >= 0.6 is 0 Å². The molecule has 1 N–H and O–H groups in total. The first kappa shape index (κ1) is 17.6. The average molecular weight is 367 g/mol. The molecule has 0 saturated heterocycles. The van der Waals surface area contributed by atoms with Gasteiger partial charge in [0.15, 0.2) is 11.6 Å². The summed E-state index contributed by atoms with van der Waals surface area (Å²) in [6, 6.07) is 5.92. The Balaban J connectivity index is 1.73. The third-order valence-corrected chi connectivity index (χ3v) is 5.56. The summed E-state index contributed by atoms with van der Waals surface area (Å²) in [7, 11) is 3.44. The van der Waals surface area contributed by atoms with Gasteiger partial charge in [0.1, 0.15) is 11.9 Å². The summed E-state index contributed by atoms with van der Waals surface area (Å²) in [6.07, 6.45) is 8.16. The van der Waals surface area contributed by atoms with Gasteiger partial charge in [0, 0.05) is 25.4 Å². The average Bonchev–Trinajstić information content (AvgIpc) is 3.21. The quantitative estimate of drug-likeness (QED) is 0.894. The lowest BCUT2D eigenvalue weighted by Gasteiger charge is -2.43. The van der Waals surface area contributed by atoms with Crippen LogP contribution in [0.2, 0.25) is 0 Å². The van der Waals surface area contributed by atoms with E-state index < -0.39 is 0 Å². The third-order valence-electron chi connectivity index (χ3n) is 5.56. The van der Waals surface area contributed by atoms with E-state index in [1.54, 1.807) is 24.4 Å². The zero-order valence-corrected chi connectivity index (χ0v) is 16.0. The van der Waals surface area contributed by atoms with Crippen molar-refractivity contribution in [1.82, 2.24) is 9.97 Å². The lowest BCUT2D eigenvalue weighted by molar-refractivity contribution is -0.119. The molecule has 1 aliphatic carbocycles. The lowest BCUT2D eigenvalue weighted by atomic mass is 10.0. The van der Waals surface area contributed by atoms with Crippen LogP contribution in [0.1, 0.15) is 32.6 Å². The van der Waals surface area contributed by atoms with Gasteiger partial charge in [-0.15, -0.1) is 0 Å². The molecule has 27 heavy (non-hydrogen) atoms. The van der Waals surface area contributed by atoms with Gasteiger partial charge in [-0.1, -0.05) is 12.8 Å². The summed E-state index contributed by atoms with van der Waals surface area (Å²) >= 11 is 0. The molecule has 2 aromatic heterocycles. The minimum absolute atomic E-state index is 0.114. The summed E-state index contributed by atoms with van der Waals surface area (Å²) in [5, 5.41) is 3.25. The number of nitrogens with zero attached hydrogens (tertiary/aromatic N) is 4. The number of aromatic nitrogens is 2. The van der Waals surface area contributed by atoms with Crippen LogP contribution in [0.15, 0.2) is 30.6 Å². The Hall–Kier alpha value is -2.83. The summed E-state index contributed by atoms with van der Waals surface area (Å²) in [6.45, 7) is 2.00. The number of amides is 1.